The van der Waals surface area contributed by atoms with Crippen LogP contribution >= 0.6 is 35.3 Å². The van der Waals surface area contributed by atoms with Gasteiger partial charge in [0.15, 0.2) is 5.13 Å². The lowest BCUT2D eigenvalue weighted by Gasteiger charge is -2.34. The van der Waals surface area contributed by atoms with E-state index < -0.39 is 15.8 Å². The number of amides is 1. The second-order valence-electron chi connectivity index (χ2n) is 9.23. The molecular weight excluding hydrogens is 596 g/mol. The molecule has 1 fully saturated rings. The summed E-state index contributed by atoms with van der Waals surface area (Å²) in [7, 11) is -3.99. The monoisotopic (exact) mass is 623 g/mol. The molecule has 13 heteroatoms. The van der Waals surface area contributed by atoms with Crippen molar-refractivity contribution in [2.45, 2.75) is 11.8 Å². The Morgan fingerprint density at radius 2 is 1.75 bits per heavy atom. The lowest BCUT2D eigenvalue weighted by atomic mass is 10.1. The number of anilines is 2. The van der Waals surface area contributed by atoms with Crippen LogP contribution in [0.4, 0.5) is 15.2 Å². The Morgan fingerprint density at radius 1 is 1.05 bits per heavy atom. The van der Waals surface area contributed by atoms with Gasteiger partial charge in [-0.1, -0.05) is 41.1 Å². The molecule has 0 radical (unpaired) electrons. The number of piperazine rings is 1. The average Bonchev–Trinajstić information content (AvgIpc) is 3.39. The van der Waals surface area contributed by atoms with E-state index in [1.54, 1.807) is 29.5 Å². The van der Waals surface area contributed by atoms with E-state index in [1.165, 1.54) is 18.2 Å². The van der Waals surface area contributed by atoms with E-state index in [2.05, 4.69) is 19.8 Å². The molecule has 1 aliphatic rings. The van der Waals surface area contributed by atoms with Gasteiger partial charge in [0.1, 0.15) is 5.82 Å². The molecule has 1 saturated heterocycles. The maximum absolute atomic E-state index is 13.2. The van der Waals surface area contributed by atoms with Crippen LogP contribution in [-0.4, -0.2) is 63.5 Å². The van der Waals surface area contributed by atoms with Crippen molar-refractivity contribution in [3.63, 3.8) is 0 Å². The summed E-state index contributed by atoms with van der Waals surface area (Å²) in [5.74, 6) is -0.917. The maximum Gasteiger partial charge on any atom is 0.261 e. The van der Waals surface area contributed by atoms with Gasteiger partial charge in [0.25, 0.3) is 15.9 Å². The molecule has 1 aliphatic heterocycles. The van der Waals surface area contributed by atoms with Crippen molar-refractivity contribution in [2.75, 3.05) is 48.9 Å². The van der Waals surface area contributed by atoms with Gasteiger partial charge in [-0.15, -0.1) is 12.4 Å². The number of aromatic nitrogens is 1. The Bertz CT molecular complexity index is 1570. The quantitative estimate of drug-likeness (QED) is 0.281. The fourth-order valence-electron chi connectivity index (χ4n) is 4.40. The van der Waals surface area contributed by atoms with Gasteiger partial charge in [-0.05, 0) is 55.0 Å². The number of hydrogen-bond donors (Lipinski definition) is 2. The number of hydrogen-bond acceptors (Lipinski definition) is 7. The first-order valence-corrected chi connectivity index (χ1v) is 15.1. The largest absolute Gasteiger partial charge is 0.351 e. The number of halogens is 3. The van der Waals surface area contributed by atoms with Crippen molar-refractivity contribution in [3.05, 3.63) is 82.6 Å². The first-order valence-electron chi connectivity index (χ1n) is 12.4. The van der Waals surface area contributed by atoms with Crippen LogP contribution in [0, 0.1) is 12.7 Å². The minimum absolute atomic E-state index is 0. The molecule has 2 heterocycles. The highest BCUT2D eigenvalue weighted by Gasteiger charge is 2.22. The molecule has 0 spiro atoms. The van der Waals surface area contributed by atoms with Gasteiger partial charge in [-0.25, -0.2) is 17.8 Å². The number of carbonyl (C=O) groups is 1. The summed E-state index contributed by atoms with van der Waals surface area (Å²) < 4.78 is 42.1. The fourth-order valence-corrected chi connectivity index (χ4v) is 6.85. The second kappa shape index (κ2) is 12.7. The minimum Gasteiger partial charge on any atom is -0.351 e. The van der Waals surface area contributed by atoms with Crippen LogP contribution in [0.2, 0.25) is 5.02 Å². The molecule has 0 aliphatic carbocycles. The first kappa shape index (κ1) is 30.0. The third kappa shape index (κ3) is 6.67. The predicted octanol–water partition coefficient (Wildman–Crippen LogP) is 5.17. The van der Waals surface area contributed by atoms with Crippen molar-refractivity contribution in [2.24, 2.45) is 0 Å². The molecule has 5 rings (SSSR count). The zero-order valence-corrected chi connectivity index (χ0v) is 24.8. The molecule has 212 valence electrons. The number of sulfonamides is 1. The number of nitrogens with zero attached hydrogens (tertiary/aromatic N) is 3. The van der Waals surface area contributed by atoms with Crippen LogP contribution in [0.3, 0.4) is 0 Å². The zero-order valence-electron chi connectivity index (χ0n) is 21.6. The Hall–Kier alpha value is -2.96. The number of para-hydroxylation sites is 1. The third-order valence-electron chi connectivity index (χ3n) is 6.58. The molecule has 0 atom stereocenters. The summed E-state index contributed by atoms with van der Waals surface area (Å²) in [5.41, 5.74) is 2.42. The standard InChI is InChI=1S/C27H27ClFN5O3S2.ClH/c1-18-6-11-22(28)25-24(18)31-27(38-25)34-16-14-33(15-17-34)13-12-30-26(35)21-4-2-3-5-23(21)32-39(36,37)20-9-7-19(29)8-10-20;/h2-11,32H,12-17H2,1H3,(H,30,35);1H. The van der Waals surface area contributed by atoms with Crippen LogP contribution in [0.25, 0.3) is 10.2 Å². The van der Waals surface area contributed by atoms with E-state index in [4.69, 9.17) is 16.6 Å². The number of fused-ring (bicyclic) bond motifs is 1. The van der Waals surface area contributed by atoms with Crippen LogP contribution in [0.5, 0.6) is 0 Å². The van der Waals surface area contributed by atoms with Crippen LogP contribution in [0.15, 0.2) is 65.6 Å². The normalized spacial score (nSPS) is 14.1. The molecule has 1 amide bonds. The summed E-state index contributed by atoms with van der Waals surface area (Å²) in [6.07, 6.45) is 0. The summed E-state index contributed by atoms with van der Waals surface area (Å²) in [5, 5.41) is 4.58. The van der Waals surface area contributed by atoms with Gasteiger partial charge < -0.3 is 10.2 Å². The predicted molar refractivity (Wildman–Crippen MR) is 161 cm³/mol. The Kier molecular flexibility index (Phi) is 9.52. The molecule has 0 bridgehead atoms. The number of carbonyl (C=O) groups excluding carboxylic acids is 1. The van der Waals surface area contributed by atoms with E-state index in [0.717, 1.165) is 64.2 Å². The number of benzene rings is 3. The SMILES string of the molecule is Cc1ccc(Cl)c2sc(N3CCN(CCNC(=O)c4ccccc4NS(=O)(=O)c4ccc(F)cc4)CC3)nc12.Cl. The number of nitrogens with one attached hydrogen (secondary N) is 2. The number of thiazole rings is 1. The van der Waals surface area contributed by atoms with Crippen molar-refractivity contribution in [1.82, 2.24) is 15.2 Å². The highest BCUT2D eigenvalue weighted by Crippen LogP contribution is 2.35. The van der Waals surface area contributed by atoms with Gasteiger partial charge in [0, 0.05) is 39.3 Å². The summed E-state index contributed by atoms with van der Waals surface area (Å²) in [6.45, 7) is 6.39. The zero-order chi connectivity index (χ0) is 27.6. The Labute approximate surface area is 247 Å². The minimum atomic E-state index is -3.99. The van der Waals surface area contributed by atoms with E-state index in [0.29, 0.717) is 13.1 Å². The van der Waals surface area contributed by atoms with Crippen molar-refractivity contribution in [3.8, 4) is 0 Å². The maximum atomic E-state index is 13.2. The molecule has 1 aromatic heterocycles. The van der Waals surface area contributed by atoms with Crippen molar-refractivity contribution in [1.29, 1.82) is 0 Å². The van der Waals surface area contributed by atoms with Gasteiger partial charge in [0.05, 0.1) is 31.4 Å². The smallest absolute Gasteiger partial charge is 0.261 e. The lowest BCUT2D eigenvalue weighted by Crippen LogP contribution is -2.48. The van der Waals surface area contributed by atoms with Crippen molar-refractivity contribution >= 4 is 72.3 Å². The molecule has 0 saturated carbocycles. The number of rotatable bonds is 8. The van der Waals surface area contributed by atoms with Crippen molar-refractivity contribution < 1.29 is 17.6 Å². The average molecular weight is 625 g/mol. The van der Waals surface area contributed by atoms with E-state index >= 15 is 0 Å². The second-order valence-corrected chi connectivity index (χ2v) is 12.3. The van der Waals surface area contributed by atoms with Gasteiger partial charge in [0.2, 0.25) is 0 Å². The van der Waals surface area contributed by atoms with Crippen LogP contribution in [0.1, 0.15) is 15.9 Å². The van der Waals surface area contributed by atoms with E-state index in [1.807, 2.05) is 19.1 Å². The summed E-state index contributed by atoms with van der Waals surface area (Å²) >= 11 is 7.98. The topological polar surface area (TPSA) is 94.6 Å². The Balaban J connectivity index is 0.00000370. The molecule has 2 N–H and O–H groups in total. The Morgan fingerprint density at radius 3 is 2.45 bits per heavy atom. The first-order chi connectivity index (χ1) is 18.7. The van der Waals surface area contributed by atoms with Crippen LogP contribution in [-0.2, 0) is 10.0 Å². The highest BCUT2D eigenvalue weighted by molar-refractivity contribution is 7.92. The van der Waals surface area contributed by atoms with E-state index in [9.17, 15) is 17.6 Å². The van der Waals surface area contributed by atoms with E-state index in [-0.39, 0.29) is 34.5 Å². The molecule has 0 unspecified atom stereocenters. The summed E-state index contributed by atoms with van der Waals surface area (Å²) in [6, 6.07) is 14.8. The third-order valence-corrected chi connectivity index (χ3v) is 9.54. The highest BCUT2D eigenvalue weighted by atomic mass is 35.5. The fraction of sp³-hybridized carbons (Fsp3) is 0.259. The molecule has 40 heavy (non-hydrogen) atoms. The van der Waals surface area contributed by atoms with Gasteiger partial charge >= 0.3 is 0 Å². The molecule has 8 nitrogen and oxygen atoms in total. The lowest BCUT2D eigenvalue weighted by molar-refractivity contribution is 0.0948. The molecule has 4 aromatic rings. The molecular formula is C27H28Cl2FN5O3S2. The van der Waals surface area contributed by atoms with Gasteiger partial charge in [-0.3, -0.25) is 14.4 Å². The molecule has 3 aromatic carbocycles. The summed E-state index contributed by atoms with van der Waals surface area (Å²) in [4.78, 5) is 22.2. The number of aryl methyl sites for hydroxylation is 1. The van der Waals surface area contributed by atoms with Crippen LogP contribution < -0.4 is 14.9 Å². The van der Waals surface area contributed by atoms with Gasteiger partial charge in [-0.2, -0.15) is 0 Å².